The molecule has 148 valence electrons. The van der Waals surface area contributed by atoms with Crippen molar-refractivity contribution in [1.29, 1.82) is 0 Å². The van der Waals surface area contributed by atoms with E-state index in [1.165, 1.54) is 0 Å². The van der Waals surface area contributed by atoms with Gasteiger partial charge in [-0.2, -0.15) is 0 Å². The Hall–Kier alpha value is -3.15. The minimum Gasteiger partial charge on any atom is -0.456 e. The molecule has 0 radical (unpaired) electrons. The van der Waals surface area contributed by atoms with Crippen LogP contribution in [0.1, 0.15) is 42.3 Å². The molecule has 0 bridgehead atoms. The Labute approximate surface area is 165 Å². The van der Waals surface area contributed by atoms with Gasteiger partial charge in [-0.05, 0) is 16.5 Å². The van der Waals surface area contributed by atoms with E-state index < -0.39 is 12.0 Å². The van der Waals surface area contributed by atoms with Gasteiger partial charge in [-0.1, -0.05) is 75.4 Å². The van der Waals surface area contributed by atoms with Crippen LogP contribution in [-0.2, 0) is 21.5 Å². The highest BCUT2D eigenvalue weighted by Gasteiger charge is 2.15. The monoisotopic (exact) mass is 382 g/mol. The second kappa shape index (κ2) is 9.69. The first kappa shape index (κ1) is 21.2. The number of Topliss-reactive ketones (excluding diaryl/α,β-unsaturated/α-hetero) is 1. The van der Waals surface area contributed by atoms with Crippen LogP contribution in [0.3, 0.4) is 0 Å². The van der Waals surface area contributed by atoms with Gasteiger partial charge in [-0.15, -0.1) is 0 Å². The maximum absolute atomic E-state index is 12.1. The van der Waals surface area contributed by atoms with Gasteiger partial charge in [0.2, 0.25) is 0 Å². The quantitative estimate of drug-likeness (QED) is 0.569. The van der Waals surface area contributed by atoms with Gasteiger partial charge in [0.1, 0.15) is 6.54 Å². The Morgan fingerprint density at radius 3 is 2.14 bits per heavy atom. The third-order valence-electron chi connectivity index (χ3n) is 4.13. The van der Waals surface area contributed by atoms with Gasteiger partial charge in [-0.25, -0.2) is 4.79 Å². The Balaban J connectivity index is 1.70. The fourth-order valence-electron chi connectivity index (χ4n) is 2.43. The summed E-state index contributed by atoms with van der Waals surface area (Å²) in [6.45, 7) is 5.96. The molecular weight excluding hydrogens is 356 g/mol. The Morgan fingerprint density at radius 1 is 0.893 bits per heavy atom. The molecule has 2 aromatic carbocycles. The van der Waals surface area contributed by atoms with Gasteiger partial charge >= 0.3 is 12.0 Å². The molecule has 0 aliphatic heterocycles. The lowest BCUT2D eigenvalue weighted by atomic mass is 9.86. The maximum Gasteiger partial charge on any atom is 0.325 e. The number of carbonyl (C=O) groups is 3. The maximum atomic E-state index is 12.1. The molecule has 0 aromatic heterocycles. The van der Waals surface area contributed by atoms with Gasteiger partial charge in [0.05, 0.1) is 0 Å². The molecule has 0 fully saturated rings. The average molecular weight is 382 g/mol. The molecule has 2 N–H and O–H groups in total. The normalized spacial score (nSPS) is 10.8. The number of amides is 2. The largest absolute Gasteiger partial charge is 0.456 e. The molecule has 6 heteroatoms. The van der Waals surface area contributed by atoms with Gasteiger partial charge in [0.15, 0.2) is 12.4 Å². The van der Waals surface area contributed by atoms with E-state index in [2.05, 4.69) is 31.4 Å². The van der Waals surface area contributed by atoms with Crippen molar-refractivity contribution in [3.8, 4) is 0 Å². The van der Waals surface area contributed by atoms with E-state index >= 15 is 0 Å². The molecule has 0 aliphatic carbocycles. The number of benzene rings is 2. The van der Waals surface area contributed by atoms with Crippen LogP contribution in [0.2, 0.25) is 0 Å². The summed E-state index contributed by atoms with van der Waals surface area (Å²) in [5.41, 5.74) is 2.55. The van der Waals surface area contributed by atoms with Crippen molar-refractivity contribution in [3.63, 3.8) is 0 Å². The minimum absolute atomic E-state index is 0.000791. The van der Waals surface area contributed by atoms with Crippen molar-refractivity contribution >= 4 is 17.8 Å². The number of hydrogen-bond acceptors (Lipinski definition) is 4. The van der Waals surface area contributed by atoms with E-state index in [-0.39, 0.29) is 24.3 Å². The highest BCUT2D eigenvalue weighted by molar-refractivity contribution is 5.98. The molecular formula is C22H26N2O4. The Kier molecular flexibility index (Phi) is 7.32. The molecule has 2 aromatic rings. The number of urea groups is 1. The van der Waals surface area contributed by atoms with Crippen LogP contribution in [0.25, 0.3) is 0 Å². The molecule has 2 amide bonds. The first-order chi connectivity index (χ1) is 13.3. The molecule has 0 saturated heterocycles. The summed E-state index contributed by atoms with van der Waals surface area (Å²) in [5.74, 6) is -0.961. The molecule has 0 spiro atoms. The summed E-state index contributed by atoms with van der Waals surface area (Å²) >= 11 is 0. The second-order valence-corrected chi connectivity index (χ2v) is 7.43. The molecule has 2 rings (SSSR count). The SMILES string of the molecule is CC(C)(C)c1ccc(C(=O)COC(=O)CNC(=O)NCc2ccccc2)cc1. The molecule has 28 heavy (non-hydrogen) atoms. The van der Waals surface area contributed by atoms with E-state index in [0.29, 0.717) is 12.1 Å². The van der Waals surface area contributed by atoms with E-state index in [0.717, 1.165) is 11.1 Å². The number of nitrogens with one attached hydrogen (secondary N) is 2. The number of ether oxygens (including phenoxy) is 1. The highest BCUT2D eigenvalue weighted by atomic mass is 16.5. The molecule has 0 unspecified atom stereocenters. The van der Waals surface area contributed by atoms with Crippen molar-refractivity contribution in [3.05, 3.63) is 71.3 Å². The van der Waals surface area contributed by atoms with Crippen LogP contribution in [0, 0.1) is 0 Å². The molecule has 0 saturated carbocycles. The third kappa shape index (κ3) is 6.87. The van der Waals surface area contributed by atoms with Gasteiger partial charge in [0.25, 0.3) is 0 Å². The van der Waals surface area contributed by atoms with E-state index in [1.54, 1.807) is 12.1 Å². The van der Waals surface area contributed by atoms with Crippen molar-refractivity contribution in [2.75, 3.05) is 13.2 Å². The lowest BCUT2D eigenvalue weighted by Gasteiger charge is -2.18. The first-order valence-corrected chi connectivity index (χ1v) is 9.10. The van der Waals surface area contributed by atoms with Crippen molar-refractivity contribution in [2.24, 2.45) is 0 Å². The number of hydrogen-bond donors (Lipinski definition) is 2. The van der Waals surface area contributed by atoms with Crippen LogP contribution >= 0.6 is 0 Å². The number of carbonyl (C=O) groups excluding carboxylic acids is 3. The zero-order valence-electron chi connectivity index (χ0n) is 16.5. The minimum atomic E-state index is -0.672. The Morgan fingerprint density at radius 2 is 1.54 bits per heavy atom. The summed E-state index contributed by atoms with van der Waals surface area (Å²) in [5, 5.41) is 5.04. The van der Waals surface area contributed by atoms with E-state index in [4.69, 9.17) is 4.74 Å². The standard InChI is InChI=1S/C22H26N2O4/c1-22(2,3)18-11-9-17(10-12-18)19(25)15-28-20(26)14-24-21(27)23-13-16-7-5-4-6-8-16/h4-12H,13-15H2,1-3H3,(H2,23,24,27). The van der Waals surface area contributed by atoms with Crippen LogP contribution in [0.5, 0.6) is 0 Å². The molecule has 0 atom stereocenters. The fraction of sp³-hybridized carbons (Fsp3) is 0.318. The average Bonchev–Trinajstić information content (AvgIpc) is 2.69. The first-order valence-electron chi connectivity index (χ1n) is 9.10. The van der Waals surface area contributed by atoms with Gasteiger partial charge < -0.3 is 15.4 Å². The summed E-state index contributed by atoms with van der Waals surface area (Å²) in [7, 11) is 0. The molecule has 0 heterocycles. The summed E-state index contributed by atoms with van der Waals surface area (Å²) < 4.78 is 4.94. The predicted octanol–water partition coefficient (Wildman–Crippen LogP) is 3.21. The summed E-state index contributed by atoms with van der Waals surface area (Å²) in [6, 6.07) is 16.2. The zero-order valence-corrected chi connectivity index (χ0v) is 16.5. The van der Waals surface area contributed by atoms with Crippen molar-refractivity contribution in [1.82, 2.24) is 10.6 Å². The lowest BCUT2D eigenvalue weighted by Crippen LogP contribution is -2.38. The highest BCUT2D eigenvalue weighted by Crippen LogP contribution is 2.22. The number of rotatable bonds is 7. The van der Waals surface area contributed by atoms with Crippen molar-refractivity contribution < 1.29 is 19.1 Å². The van der Waals surface area contributed by atoms with Gasteiger partial charge in [0, 0.05) is 12.1 Å². The van der Waals surface area contributed by atoms with Gasteiger partial charge in [-0.3, -0.25) is 9.59 Å². The Bertz CT molecular complexity index is 809. The predicted molar refractivity (Wildman–Crippen MR) is 107 cm³/mol. The summed E-state index contributed by atoms with van der Waals surface area (Å²) in [4.78, 5) is 35.6. The smallest absolute Gasteiger partial charge is 0.325 e. The lowest BCUT2D eigenvalue weighted by molar-refractivity contribution is -0.141. The van der Waals surface area contributed by atoms with Crippen LogP contribution < -0.4 is 10.6 Å². The second-order valence-electron chi connectivity index (χ2n) is 7.43. The molecule has 0 aliphatic rings. The number of ketones is 1. The van der Waals surface area contributed by atoms with Crippen molar-refractivity contribution in [2.45, 2.75) is 32.7 Å². The van der Waals surface area contributed by atoms with Crippen LogP contribution in [0.4, 0.5) is 4.79 Å². The van der Waals surface area contributed by atoms with Crippen LogP contribution in [-0.4, -0.2) is 30.9 Å². The molecule has 6 nitrogen and oxygen atoms in total. The topological polar surface area (TPSA) is 84.5 Å². The zero-order chi connectivity index (χ0) is 20.6. The number of esters is 1. The summed E-state index contributed by atoms with van der Waals surface area (Å²) in [6.07, 6.45) is 0. The fourth-order valence-corrected chi connectivity index (χ4v) is 2.43. The third-order valence-corrected chi connectivity index (χ3v) is 4.13. The van der Waals surface area contributed by atoms with E-state index in [9.17, 15) is 14.4 Å². The van der Waals surface area contributed by atoms with E-state index in [1.807, 2.05) is 42.5 Å². The van der Waals surface area contributed by atoms with Crippen LogP contribution in [0.15, 0.2) is 54.6 Å².